The summed E-state index contributed by atoms with van der Waals surface area (Å²) < 4.78 is 7.48. The molecule has 2 heterocycles. The third-order valence-electron chi connectivity index (χ3n) is 4.67. The number of nitrogens with one attached hydrogen (secondary N) is 1. The van der Waals surface area contributed by atoms with E-state index in [9.17, 15) is 4.79 Å². The molecule has 0 spiro atoms. The Balaban J connectivity index is 1.77. The van der Waals surface area contributed by atoms with Crippen LogP contribution in [0.5, 0.6) is 0 Å². The zero-order chi connectivity index (χ0) is 19.9. The molecule has 0 fully saturated rings. The number of aryl methyl sites for hydroxylation is 2. The minimum absolute atomic E-state index is 0.0682. The van der Waals surface area contributed by atoms with Crippen molar-refractivity contribution in [2.45, 2.75) is 27.2 Å². The number of aromatic nitrogens is 2. The number of amides is 1. The fourth-order valence-electron chi connectivity index (χ4n) is 3.25. The minimum Gasteiger partial charge on any atom is -0.382 e. The second-order valence-corrected chi connectivity index (χ2v) is 6.71. The van der Waals surface area contributed by atoms with Crippen molar-refractivity contribution in [3.63, 3.8) is 0 Å². The van der Waals surface area contributed by atoms with E-state index in [0.29, 0.717) is 25.3 Å². The van der Waals surface area contributed by atoms with E-state index in [0.717, 1.165) is 34.8 Å². The molecule has 3 aromatic rings. The van der Waals surface area contributed by atoms with Gasteiger partial charge in [0, 0.05) is 48.5 Å². The fraction of sp³-hybridized carbons (Fsp3) is 0.304. The highest BCUT2D eigenvalue weighted by Crippen LogP contribution is 2.27. The fourth-order valence-corrected chi connectivity index (χ4v) is 3.25. The lowest BCUT2D eigenvalue weighted by Gasteiger charge is -2.14. The maximum Gasteiger partial charge on any atom is 0.251 e. The number of ether oxygens (including phenoxy) is 1. The van der Waals surface area contributed by atoms with Crippen molar-refractivity contribution < 1.29 is 9.53 Å². The molecule has 0 bridgehead atoms. The van der Waals surface area contributed by atoms with Gasteiger partial charge in [-0.2, -0.15) is 0 Å². The van der Waals surface area contributed by atoms with Gasteiger partial charge in [0.25, 0.3) is 5.91 Å². The van der Waals surface area contributed by atoms with E-state index in [2.05, 4.69) is 46.9 Å². The van der Waals surface area contributed by atoms with Gasteiger partial charge in [0.15, 0.2) is 0 Å². The predicted molar refractivity (Wildman–Crippen MR) is 112 cm³/mol. The van der Waals surface area contributed by atoms with Crippen LogP contribution in [-0.4, -0.2) is 35.2 Å². The number of nitrogens with zero attached hydrogens (tertiary/aromatic N) is 2. The molecule has 1 amide bonds. The molecular formula is C23H27N3O2. The summed E-state index contributed by atoms with van der Waals surface area (Å²) in [6.07, 6.45) is 2.61. The molecule has 0 unspecified atom stereocenters. The van der Waals surface area contributed by atoms with Crippen LogP contribution in [0.4, 0.5) is 0 Å². The van der Waals surface area contributed by atoms with Crippen molar-refractivity contribution in [2.75, 3.05) is 19.8 Å². The second-order valence-electron chi connectivity index (χ2n) is 6.71. The maximum atomic E-state index is 12.3. The van der Waals surface area contributed by atoms with Gasteiger partial charge in [0.2, 0.25) is 0 Å². The maximum absolute atomic E-state index is 12.3. The van der Waals surface area contributed by atoms with Crippen LogP contribution >= 0.6 is 0 Å². The Morgan fingerprint density at radius 1 is 1.07 bits per heavy atom. The van der Waals surface area contributed by atoms with Crippen molar-refractivity contribution >= 4 is 5.91 Å². The molecule has 0 radical (unpaired) electrons. The van der Waals surface area contributed by atoms with E-state index in [1.54, 1.807) is 6.20 Å². The van der Waals surface area contributed by atoms with Crippen LogP contribution in [0, 0.1) is 13.8 Å². The Bertz CT molecular complexity index is 910. The lowest BCUT2D eigenvalue weighted by molar-refractivity contribution is 0.0944. The first kappa shape index (κ1) is 19.8. The molecule has 0 aliphatic heterocycles. The van der Waals surface area contributed by atoms with Gasteiger partial charge in [-0.15, -0.1) is 0 Å². The number of hydrogen-bond acceptors (Lipinski definition) is 3. The van der Waals surface area contributed by atoms with E-state index < -0.39 is 0 Å². The van der Waals surface area contributed by atoms with E-state index in [1.807, 2.05) is 37.3 Å². The van der Waals surface area contributed by atoms with Crippen LogP contribution in [0.3, 0.4) is 0 Å². The predicted octanol–water partition coefficient (Wildman–Crippen LogP) is 4.31. The van der Waals surface area contributed by atoms with E-state index in [-0.39, 0.29) is 5.91 Å². The number of pyridine rings is 1. The van der Waals surface area contributed by atoms with Crippen molar-refractivity contribution in [3.8, 4) is 16.9 Å². The van der Waals surface area contributed by atoms with E-state index in [1.165, 1.54) is 0 Å². The largest absolute Gasteiger partial charge is 0.382 e. The van der Waals surface area contributed by atoms with E-state index in [4.69, 9.17) is 4.74 Å². The topological polar surface area (TPSA) is 56.1 Å². The van der Waals surface area contributed by atoms with Gasteiger partial charge < -0.3 is 14.6 Å². The SMILES string of the molecule is CCOCCCNC(=O)c1ccc(-c2ncccc2-n2c(C)ccc2C)cc1. The Morgan fingerprint density at radius 3 is 2.46 bits per heavy atom. The molecule has 0 atom stereocenters. The van der Waals surface area contributed by atoms with Gasteiger partial charge in [0.1, 0.15) is 0 Å². The highest BCUT2D eigenvalue weighted by atomic mass is 16.5. The van der Waals surface area contributed by atoms with Crippen LogP contribution in [0.25, 0.3) is 16.9 Å². The second kappa shape index (κ2) is 9.33. The van der Waals surface area contributed by atoms with Crippen molar-refractivity contribution in [1.82, 2.24) is 14.9 Å². The van der Waals surface area contributed by atoms with Crippen molar-refractivity contribution in [1.29, 1.82) is 0 Å². The van der Waals surface area contributed by atoms with Gasteiger partial charge in [-0.05, 0) is 63.6 Å². The van der Waals surface area contributed by atoms with Crippen LogP contribution in [0.1, 0.15) is 35.1 Å². The molecule has 28 heavy (non-hydrogen) atoms. The molecule has 0 saturated heterocycles. The molecule has 146 valence electrons. The number of carbonyl (C=O) groups is 1. The van der Waals surface area contributed by atoms with Gasteiger partial charge in [0.05, 0.1) is 11.4 Å². The van der Waals surface area contributed by atoms with Crippen molar-refractivity contribution in [2.24, 2.45) is 0 Å². The summed E-state index contributed by atoms with van der Waals surface area (Å²) in [5, 5.41) is 2.93. The smallest absolute Gasteiger partial charge is 0.251 e. The number of rotatable bonds is 8. The van der Waals surface area contributed by atoms with Gasteiger partial charge in [-0.3, -0.25) is 9.78 Å². The lowest BCUT2D eigenvalue weighted by atomic mass is 10.1. The quantitative estimate of drug-likeness (QED) is 0.595. The van der Waals surface area contributed by atoms with Crippen LogP contribution in [0.2, 0.25) is 0 Å². The van der Waals surface area contributed by atoms with Gasteiger partial charge >= 0.3 is 0 Å². The molecular weight excluding hydrogens is 350 g/mol. The third kappa shape index (κ3) is 4.49. The molecule has 0 aliphatic carbocycles. The first-order chi connectivity index (χ1) is 13.6. The summed E-state index contributed by atoms with van der Waals surface area (Å²) in [6.45, 7) is 8.11. The molecule has 1 aromatic carbocycles. The summed E-state index contributed by atoms with van der Waals surface area (Å²) in [7, 11) is 0. The average Bonchev–Trinajstić information content (AvgIpc) is 3.06. The first-order valence-electron chi connectivity index (χ1n) is 9.68. The Kier molecular flexibility index (Phi) is 6.61. The summed E-state index contributed by atoms with van der Waals surface area (Å²) in [5.74, 6) is -0.0682. The molecule has 0 saturated carbocycles. The van der Waals surface area contributed by atoms with Crippen LogP contribution < -0.4 is 5.32 Å². The molecule has 0 aliphatic rings. The van der Waals surface area contributed by atoms with Crippen molar-refractivity contribution in [3.05, 3.63) is 71.7 Å². The molecule has 5 heteroatoms. The molecule has 3 rings (SSSR count). The summed E-state index contributed by atoms with van der Waals surface area (Å²) >= 11 is 0. The zero-order valence-electron chi connectivity index (χ0n) is 16.7. The summed E-state index contributed by atoms with van der Waals surface area (Å²) in [4.78, 5) is 16.9. The summed E-state index contributed by atoms with van der Waals surface area (Å²) in [6, 6.07) is 15.8. The number of hydrogen-bond donors (Lipinski definition) is 1. The zero-order valence-corrected chi connectivity index (χ0v) is 16.7. The Morgan fingerprint density at radius 2 is 1.79 bits per heavy atom. The lowest BCUT2D eigenvalue weighted by Crippen LogP contribution is -2.25. The molecule has 2 aromatic heterocycles. The normalized spacial score (nSPS) is 10.8. The molecule has 1 N–H and O–H groups in total. The summed E-state index contributed by atoms with van der Waals surface area (Å²) in [5.41, 5.74) is 5.88. The Labute approximate surface area is 166 Å². The third-order valence-corrected chi connectivity index (χ3v) is 4.67. The average molecular weight is 377 g/mol. The van der Waals surface area contributed by atoms with Crippen LogP contribution in [0.15, 0.2) is 54.7 Å². The monoisotopic (exact) mass is 377 g/mol. The van der Waals surface area contributed by atoms with Gasteiger partial charge in [-0.1, -0.05) is 12.1 Å². The highest BCUT2D eigenvalue weighted by molar-refractivity contribution is 5.94. The van der Waals surface area contributed by atoms with Crippen LogP contribution in [-0.2, 0) is 4.74 Å². The number of benzene rings is 1. The highest BCUT2D eigenvalue weighted by Gasteiger charge is 2.12. The minimum atomic E-state index is -0.0682. The Hall–Kier alpha value is -2.92. The van der Waals surface area contributed by atoms with Gasteiger partial charge in [-0.25, -0.2) is 0 Å². The standard InChI is InChI=1S/C23H27N3O2/c1-4-28-16-6-15-25-23(27)20-12-10-19(11-13-20)22-21(7-5-14-24-22)26-17(2)8-9-18(26)3/h5,7-14H,4,6,15-16H2,1-3H3,(H,25,27). The van der Waals surface area contributed by atoms with E-state index >= 15 is 0 Å². The molecule has 5 nitrogen and oxygen atoms in total. The number of carbonyl (C=O) groups excluding carboxylic acids is 1. The first-order valence-corrected chi connectivity index (χ1v) is 9.68.